The number of hydrogen-bond donors (Lipinski definition) is 5. The van der Waals surface area contributed by atoms with Gasteiger partial charge < -0.3 is 25.8 Å². The van der Waals surface area contributed by atoms with Crippen LogP contribution in [-0.2, 0) is 21.3 Å². The Morgan fingerprint density at radius 1 is 1.09 bits per heavy atom. The third kappa shape index (κ3) is 9.48. The molecule has 1 aromatic heterocycles. The number of urea groups is 1. The molecule has 1 saturated carbocycles. The molecule has 2 aromatic carbocycles. The van der Waals surface area contributed by atoms with Gasteiger partial charge >= 0.3 is 12.1 Å². The Kier molecular flexibility index (Phi) is 10.4. The highest BCUT2D eigenvalue weighted by atomic mass is 32.2. The number of carbonyl (C=O) groups is 2. The molecule has 0 saturated heterocycles. The Morgan fingerprint density at radius 2 is 1.79 bits per heavy atom. The van der Waals surface area contributed by atoms with Gasteiger partial charge in [0.15, 0.2) is 0 Å². The Bertz CT molecular complexity index is 1510. The molecule has 5 N–H and O–H groups in total. The summed E-state index contributed by atoms with van der Waals surface area (Å²) < 4.78 is 34.3. The molecule has 0 spiro atoms. The van der Waals surface area contributed by atoms with Crippen LogP contribution in [-0.4, -0.2) is 48.5 Å². The fourth-order valence-electron chi connectivity index (χ4n) is 4.86. The third-order valence-corrected chi connectivity index (χ3v) is 9.62. The van der Waals surface area contributed by atoms with Crippen molar-refractivity contribution in [3.05, 3.63) is 65.3 Å². The van der Waals surface area contributed by atoms with Gasteiger partial charge in [-0.3, -0.25) is 0 Å². The van der Waals surface area contributed by atoms with Crippen LogP contribution in [0.15, 0.2) is 59.6 Å². The second-order valence-corrected chi connectivity index (χ2v) is 14.1. The number of carbonyl (C=O) groups excluding carboxylic acids is 2. The Labute approximate surface area is 256 Å². The van der Waals surface area contributed by atoms with Crippen LogP contribution in [0.25, 0.3) is 10.4 Å². The van der Waals surface area contributed by atoms with Crippen LogP contribution in [0.2, 0.25) is 0 Å². The van der Waals surface area contributed by atoms with Crippen molar-refractivity contribution in [2.45, 2.75) is 88.6 Å². The number of aromatic nitrogens is 1. The van der Waals surface area contributed by atoms with E-state index >= 15 is 0 Å². The first-order chi connectivity index (χ1) is 20.3. The first-order valence-corrected chi connectivity index (χ1v) is 16.5. The molecule has 43 heavy (non-hydrogen) atoms. The summed E-state index contributed by atoms with van der Waals surface area (Å²) in [6.07, 6.45) is 4.29. The van der Waals surface area contributed by atoms with E-state index in [0.29, 0.717) is 17.0 Å². The predicted octanol–water partition coefficient (Wildman–Crippen LogP) is 5.30. The third-order valence-electron chi connectivity index (χ3n) is 6.74. The van der Waals surface area contributed by atoms with Crippen molar-refractivity contribution in [2.24, 2.45) is 0 Å². The molecule has 1 fully saturated rings. The quantitative estimate of drug-likeness (QED) is 0.190. The van der Waals surface area contributed by atoms with Gasteiger partial charge in [0.2, 0.25) is 10.0 Å². The van der Waals surface area contributed by atoms with E-state index in [-0.39, 0.29) is 28.6 Å². The number of nitrogens with one attached hydrogen (secondary N) is 4. The smallest absolute Gasteiger partial charge is 0.407 e. The summed E-state index contributed by atoms with van der Waals surface area (Å²) in [5.41, 5.74) is -0.107. The highest BCUT2D eigenvalue weighted by molar-refractivity contribution is 7.89. The molecular weight excluding hydrogens is 590 g/mol. The van der Waals surface area contributed by atoms with E-state index < -0.39 is 27.9 Å². The van der Waals surface area contributed by atoms with Gasteiger partial charge in [-0.1, -0.05) is 36.4 Å². The Hall–Kier alpha value is -3.52. The minimum absolute atomic E-state index is 0.0385. The monoisotopic (exact) mass is 629 g/mol. The number of anilines is 1. The van der Waals surface area contributed by atoms with Gasteiger partial charge in [0.25, 0.3) is 0 Å². The van der Waals surface area contributed by atoms with Crippen LogP contribution in [0.3, 0.4) is 0 Å². The van der Waals surface area contributed by atoms with Crippen molar-refractivity contribution in [3.8, 4) is 10.4 Å². The van der Waals surface area contributed by atoms with E-state index in [9.17, 15) is 23.1 Å². The molecule has 11 nitrogen and oxygen atoms in total. The highest BCUT2D eigenvalue weighted by Crippen LogP contribution is 2.40. The van der Waals surface area contributed by atoms with Crippen LogP contribution < -0.4 is 20.7 Å². The minimum Gasteiger partial charge on any atom is -0.447 e. The molecule has 1 heterocycles. The summed E-state index contributed by atoms with van der Waals surface area (Å²) in [6, 6.07) is 13.6. The number of alkyl carbamates (subject to hydrolysis) is 1. The molecule has 4 rings (SSSR count). The van der Waals surface area contributed by atoms with Gasteiger partial charge in [0.05, 0.1) is 20.9 Å². The number of hydrogen-bond acceptors (Lipinski definition) is 8. The molecule has 13 heteroatoms. The second kappa shape index (κ2) is 13.8. The molecule has 0 radical (unpaired) electrons. The number of benzene rings is 2. The summed E-state index contributed by atoms with van der Waals surface area (Å²) in [7, 11) is -4.20. The maximum atomic E-state index is 13.4. The molecule has 1 aliphatic carbocycles. The Balaban J connectivity index is 1.50. The number of sulfonamides is 1. The summed E-state index contributed by atoms with van der Waals surface area (Å²) >= 11 is 1.41. The fourth-order valence-corrected chi connectivity index (χ4v) is 7.57. The standard InChI is InChI=1S/C30H39N5O6S2/c1-19(2)41-29(37)34-22-12-10-21(11-13-22)27-31-18-25(42-27)24-15-14-23(16-26(24)43(39,40)35-30(3,4)38)33-28(36)32-17-20-8-6-5-7-9-20/h5-9,14-16,18-19,21-22,35,38H,10-13,17H2,1-4H3,(H,34,37)(H2,32,33,36). The van der Waals surface area contributed by atoms with Crippen LogP contribution in [0.1, 0.15) is 69.9 Å². The van der Waals surface area contributed by atoms with Gasteiger partial charge in [0, 0.05) is 36.0 Å². The van der Waals surface area contributed by atoms with E-state index in [0.717, 1.165) is 36.3 Å². The van der Waals surface area contributed by atoms with Crippen molar-refractivity contribution >= 4 is 39.2 Å². The summed E-state index contributed by atoms with van der Waals surface area (Å²) in [5.74, 6) is 0.182. The number of nitrogens with zero attached hydrogens (tertiary/aromatic N) is 1. The van der Waals surface area contributed by atoms with Gasteiger partial charge in [-0.05, 0) is 71.1 Å². The minimum atomic E-state index is -4.20. The molecular formula is C30H39N5O6S2. The molecule has 3 amide bonds. The highest BCUT2D eigenvalue weighted by Gasteiger charge is 2.29. The van der Waals surface area contributed by atoms with E-state index in [1.54, 1.807) is 18.3 Å². The largest absolute Gasteiger partial charge is 0.447 e. The lowest BCUT2D eigenvalue weighted by Gasteiger charge is -2.28. The van der Waals surface area contributed by atoms with Crippen molar-refractivity contribution < 1.29 is 27.9 Å². The van der Waals surface area contributed by atoms with E-state index in [2.05, 4.69) is 25.7 Å². The number of rotatable bonds is 10. The molecule has 0 unspecified atom stereocenters. The number of aliphatic hydroxyl groups is 1. The molecule has 1 aliphatic rings. The fraction of sp³-hybridized carbons (Fsp3) is 0.433. The van der Waals surface area contributed by atoms with Crippen LogP contribution in [0, 0.1) is 0 Å². The first-order valence-electron chi connectivity index (χ1n) is 14.2. The molecule has 232 valence electrons. The van der Waals surface area contributed by atoms with Crippen molar-refractivity contribution in [1.82, 2.24) is 20.3 Å². The summed E-state index contributed by atoms with van der Waals surface area (Å²) in [4.78, 5) is 29.7. The van der Waals surface area contributed by atoms with Crippen LogP contribution in [0.4, 0.5) is 15.3 Å². The zero-order chi connectivity index (χ0) is 31.2. The Morgan fingerprint density at radius 3 is 2.44 bits per heavy atom. The average Bonchev–Trinajstić information content (AvgIpc) is 3.41. The maximum Gasteiger partial charge on any atom is 0.407 e. The lowest BCUT2D eigenvalue weighted by atomic mass is 9.86. The van der Waals surface area contributed by atoms with E-state index in [1.165, 1.54) is 31.3 Å². The van der Waals surface area contributed by atoms with Crippen LogP contribution in [0.5, 0.6) is 0 Å². The lowest BCUT2D eigenvalue weighted by Crippen LogP contribution is -2.43. The molecule has 0 aliphatic heterocycles. The lowest BCUT2D eigenvalue weighted by molar-refractivity contribution is 0.0689. The topological polar surface area (TPSA) is 159 Å². The number of thiazole rings is 1. The summed E-state index contributed by atoms with van der Waals surface area (Å²) in [6.45, 7) is 6.59. The average molecular weight is 630 g/mol. The van der Waals surface area contributed by atoms with Gasteiger partial charge in [-0.25, -0.2) is 23.0 Å². The zero-order valence-corrected chi connectivity index (χ0v) is 26.3. The normalized spacial score (nSPS) is 17.3. The first kappa shape index (κ1) is 32.4. The van der Waals surface area contributed by atoms with E-state index in [4.69, 9.17) is 4.74 Å². The molecule has 3 aromatic rings. The van der Waals surface area contributed by atoms with Crippen molar-refractivity contribution in [2.75, 3.05) is 5.32 Å². The zero-order valence-electron chi connectivity index (χ0n) is 24.7. The number of amides is 3. The SMILES string of the molecule is CC(C)OC(=O)NC1CCC(c2ncc(-c3ccc(NC(=O)NCc4ccccc4)cc3S(=O)(=O)NC(C)(C)O)s2)CC1. The molecule has 0 bridgehead atoms. The summed E-state index contributed by atoms with van der Waals surface area (Å²) in [5, 5.41) is 19.5. The second-order valence-electron chi connectivity index (χ2n) is 11.4. The van der Waals surface area contributed by atoms with Gasteiger partial charge in [0.1, 0.15) is 5.72 Å². The van der Waals surface area contributed by atoms with Gasteiger partial charge in [-0.2, -0.15) is 4.72 Å². The van der Waals surface area contributed by atoms with Crippen molar-refractivity contribution in [3.63, 3.8) is 0 Å². The van der Waals surface area contributed by atoms with Gasteiger partial charge in [-0.15, -0.1) is 11.3 Å². The molecule has 0 atom stereocenters. The predicted molar refractivity (Wildman–Crippen MR) is 166 cm³/mol. The van der Waals surface area contributed by atoms with E-state index in [1.807, 2.05) is 44.2 Å². The maximum absolute atomic E-state index is 13.4. The number of ether oxygens (including phenoxy) is 1. The van der Waals surface area contributed by atoms with Crippen molar-refractivity contribution in [1.29, 1.82) is 0 Å². The van der Waals surface area contributed by atoms with Crippen LogP contribution >= 0.6 is 11.3 Å².